The Morgan fingerprint density at radius 2 is 1.06 bits per heavy atom. The summed E-state index contributed by atoms with van der Waals surface area (Å²) < 4.78 is 23.3. The van der Waals surface area contributed by atoms with E-state index in [1.165, 1.54) is 25.7 Å². The molecule has 2 aliphatic rings. The van der Waals surface area contributed by atoms with E-state index in [2.05, 4.69) is 32.5 Å². The fourth-order valence-corrected chi connectivity index (χ4v) is 6.68. The lowest BCUT2D eigenvalue weighted by Crippen LogP contribution is -2.21. The number of ether oxygens (including phenoxy) is 4. The molecule has 0 saturated heterocycles. The van der Waals surface area contributed by atoms with Gasteiger partial charge in [-0.25, -0.2) is 0 Å². The molecule has 4 heterocycles. The van der Waals surface area contributed by atoms with E-state index in [0.29, 0.717) is 36.1 Å². The number of allylic oxidation sites excluding steroid dienone is 2. The van der Waals surface area contributed by atoms with Crippen LogP contribution in [0.3, 0.4) is 0 Å². The van der Waals surface area contributed by atoms with Crippen LogP contribution in [-0.4, -0.2) is 33.6 Å². The van der Waals surface area contributed by atoms with Gasteiger partial charge < -0.3 is 30.4 Å². The molecule has 2 aromatic heterocycles. The Kier molecular flexibility index (Phi) is 10.6. The van der Waals surface area contributed by atoms with Gasteiger partial charge in [0.15, 0.2) is 0 Å². The molecular formula is C38H42N8O4. The minimum Gasteiger partial charge on any atom is -0.494 e. The van der Waals surface area contributed by atoms with Crippen LogP contribution in [0.4, 0.5) is 0 Å². The second-order valence-corrected chi connectivity index (χ2v) is 12.7. The molecule has 0 spiro atoms. The molecule has 2 aromatic carbocycles. The fraction of sp³-hybridized carbons (Fsp3) is 0.368. The molecule has 2 atom stereocenters. The summed E-state index contributed by atoms with van der Waals surface area (Å²) in [6.45, 7) is 5.08. The zero-order valence-electron chi connectivity index (χ0n) is 28.4. The van der Waals surface area contributed by atoms with Crippen LogP contribution in [0.2, 0.25) is 0 Å². The van der Waals surface area contributed by atoms with Gasteiger partial charge in [-0.15, -0.1) is 10.2 Å². The van der Waals surface area contributed by atoms with Crippen molar-refractivity contribution in [2.75, 3.05) is 13.2 Å². The van der Waals surface area contributed by atoms with Gasteiger partial charge >= 0.3 is 0 Å². The SMILES string of the molecule is Cc1[nH]nc2c1C(c1cccc(OCCCCCCCCCCOc3cccc(C4C(C#N)=C(N)Oc5n[nH]c(C)c54)c3)c1)C(C#N)=C(N)O2. The maximum absolute atomic E-state index is 9.81. The van der Waals surface area contributed by atoms with Crippen molar-refractivity contribution in [3.05, 3.63) is 105 Å². The van der Waals surface area contributed by atoms with Gasteiger partial charge in [-0.3, -0.25) is 10.2 Å². The largest absolute Gasteiger partial charge is 0.494 e. The lowest BCUT2D eigenvalue weighted by atomic mass is 9.84. The molecule has 2 unspecified atom stereocenters. The first-order chi connectivity index (χ1) is 24.4. The number of benzene rings is 2. The molecular weight excluding hydrogens is 632 g/mol. The highest BCUT2D eigenvalue weighted by Gasteiger charge is 2.35. The van der Waals surface area contributed by atoms with Crippen LogP contribution in [0.5, 0.6) is 23.3 Å². The summed E-state index contributed by atoms with van der Waals surface area (Å²) in [4.78, 5) is 0. The Hall–Kier alpha value is -5.88. The highest BCUT2D eigenvalue weighted by Crippen LogP contribution is 2.44. The van der Waals surface area contributed by atoms with E-state index in [4.69, 9.17) is 30.4 Å². The summed E-state index contributed by atoms with van der Waals surface area (Å²) in [6.07, 6.45) is 8.88. The number of H-pyrrole nitrogens is 2. The van der Waals surface area contributed by atoms with Crippen LogP contribution in [0, 0.1) is 36.5 Å². The summed E-state index contributed by atoms with van der Waals surface area (Å²) in [5.41, 5.74) is 18.0. The maximum atomic E-state index is 9.81. The molecule has 12 heteroatoms. The van der Waals surface area contributed by atoms with E-state index in [1.807, 2.05) is 62.4 Å². The van der Waals surface area contributed by atoms with E-state index >= 15 is 0 Å². The Morgan fingerprint density at radius 3 is 1.46 bits per heavy atom. The number of aryl methyl sites for hydroxylation is 2. The Balaban J connectivity index is 0.874. The third kappa shape index (κ3) is 7.25. The molecule has 0 saturated carbocycles. The number of hydrogen-bond acceptors (Lipinski definition) is 10. The van der Waals surface area contributed by atoms with Crippen LogP contribution < -0.4 is 30.4 Å². The van der Waals surface area contributed by atoms with Gasteiger partial charge in [-0.1, -0.05) is 62.8 Å². The molecule has 50 heavy (non-hydrogen) atoms. The first-order valence-corrected chi connectivity index (χ1v) is 17.1. The Bertz CT molecular complexity index is 1840. The lowest BCUT2D eigenvalue weighted by Gasteiger charge is -2.24. The first-order valence-electron chi connectivity index (χ1n) is 17.1. The number of aromatic nitrogens is 4. The van der Waals surface area contributed by atoms with Crippen molar-refractivity contribution in [2.45, 2.75) is 77.0 Å². The number of unbranched alkanes of at least 4 members (excludes halogenated alkanes) is 7. The van der Waals surface area contributed by atoms with Gasteiger partial charge in [0.05, 0.1) is 25.0 Å². The van der Waals surface area contributed by atoms with Crippen LogP contribution in [0.25, 0.3) is 0 Å². The number of aromatic amines is 2. The molecule has 258 valence electrons. The maximum Gasteiger partial charge on any atom is 0.244 e. The molecule has 0 amide bonds. The van der Waals surface area contributed by atoms with Crippen molar-refractivity contribution in [3.8, 4) is 35.4 Å². The smallest absolute Gasteiger partial charge is 0.244 e. The van der Waals surface area contributed by atoms with Crippen molar-refractivity contribution < 1.29 is 18.9 Å². The average Bonchev–Trinajstić information content (AvgIpc) is 3.68. The minimum absolute atomic E-state index is 0.0781. The van der Waals surface area contributed by atoms with Crippen molar-refractivity contribution in [3.63, 3.8) is 0 Å². The standard InChI is InChI=1S/C38H42N8O4/c1-23-31-33(29(21-39)35(41)49-37(31)45-43-23)25-13-11-15-27(19-25)47-17-9-7-5-3-4-6-8-10-18-48-28-16-12-14-26(20-28)34-30(22-40)36(42)50-38-32(34)24(2)44-46-38/h11-16,19-20,33-34H,3-10,17-18,41-42H2,1-2H3,(H,43,45)(H,44,46). The van der Waals surface area contributed by atoms with Gasteiger partial charge in [0.2, 0.25) is 23.5 Å². The topological polar surface area (TPSA) is 194 Å². The molecule has 4 aromatic rings. The van der Waals surface area contributed by atoms with Crippen molar-refractivity contribution in [1.29, 1.82) is 10.5 Å². The highest BCUT2D eigenvalue weighted by molar-refractivity contribution is 5.57. The van der Waals surface area contributed by atoms with Gasteiger partial charge in [0, 0.05) is 22.5 Å². The Labute approximate surface area is 291 Å². The third-order valence-electron chi connectivity index (χ3n) is 9.22. The quantitative estimate of drug-likeness (QED) is 0.0978. The number of nitrogens with two attached hydrogens (primary N) is 2. The van der Waals surface area contributed by atoms with E-state index in [-0.39, 0.29) is 23.6 Å². The van der Waals surface area contributed by atoms with Gasteiger partial charge in [0.1, 0.15) is 34.8 Å². The number of nitrogens with one attached hydrogen (secondary N) is 2. The van der Waals surface area contributed by atoms with E-state index in [0.717, 1.165) is 70.8 Å². The average molecular weight is 675 g/mol. The fourth-order valence-electron chi connectivity index (χ4n) is 6.68. The van der Waals surface area contributed by atoms with Crippen LogP contribution >= 0.6 is 0 Å². The first kappa shape index (κ1) is 34.0. The number of fused-ring (bicyclic) bond motifs is 2. The summed E-state index contributed by atoms with van der Waals surface area (Å²) in [5, 5.41) is 33.9. The van der Waals surface area contributed by atoms with Crippen molar-refractivity contribution >= 4 is 0 Å². The predicted molar refractivity (Wildman–Crippen MR) is 186 cm³/mol. The van der Waals surface area contributed by atoms with Crippen molar-refractivity contribution in [2.24, 2.45) is 11.5 Å². The molecule has 2 aliphatic heterocycles. The molecule has 0 bridgehead atoms. The third-order valence-corrected chi connectivity index (χ3v) is 9.22. The number of nitriles is 2. The molecule has 12 nitrogen and oxygen atoms in total. The van der Waals surface area contributed by atoms with Crippen LogP contribution in [-0.2, 0) is 0 Å². The molecule has 0 radical (unpaired) electrons. The zero-order valence-corrected chi connectivity index (χ0v) is 28.4. The summed E-state index contributed by atoms with van der Waals surface area (Å²) >= 11 is 0. The van der Waals surface area contributed by atoms with Crippen LogP contribution in [0.1, 0.15) is 96.8 Å². The Morgan fingerprint density at radius 1 is 0.660 bits per heavy atom. The minimum atomic E-state index is -0.362. The predicted octanol–water partition coefficient (Wildman–Crippen LogP) is 6.76. The second kappa shape index (κ2) is 15.6. The zero-order chi connectivity index (χ0) is 35.0. The van der Waals surface area contributed by atoms with E-state index < -0.39 is 0 Å². The number of nitrogens with zero attached hydrogens (tertiary/aromatic N) is 4. The molecule has 0 fully saturated rings. The summed E-state index contributed by atoms with van der Waals surface area (Å²) in [6, 6.07) is 20.1. The van der Waals surface area contributed by atoms with Crippen molar-refractivity contribution in [1.82, 2.24) is 20.4 Å². The molecule has 0 aliphatic carbocycles. The molecule has 6 rings (SSSR count). The monoisotopic (exact) mass is 674 g/mol. The summed E-state index contributed by atoms with van der Waals surface area (Å²) in [7, 11) is 0. The second-order valence-electron chi connectivity index (χ2n) is 12.7. The number of rotatable bonds is 15. The van der Waals surface area contributed by atoms with E-state index in [9.17, 15) is 10.5 Å². The summed E-state index contributed by atoms with van der Waals surface area (Å²) in [5.74, 6) is 1.77. The lowest BCUT2D eigenvalue weighted by molar-refractivity contribution is 0.300. The van der Waals surface area contributed by atoms with Gasteiger partial charge in [0.25, 0.3) is 0 Å². The normalized spacial score (nSPS) is 16.5. The van der Waals surface area contributed by atoms with Gasteiger partial charge in [-0.2, -0.15) is 10.5 Å². The van der Waals surface area contributed by atoms with E-state index in [1.54, 1.807) is 0 Å². The van der Waals surface area contributed by atoms with Crippen LogP contribution in [0.15, 0.2) is 71.4 Å². The van der Waals surface area contributed by atoms with Gasteiger partial charge in [-0.05, 0) is 62.1 Å². The number of hydrogen-bond donors (Lipinski definition) is 4. The highest BCUT2D eigenvalue weighted by atomic mass is 16.5. The molecule has 6 N–H and O–H groups in total.